The Morgan fingerprint density at radius 3 is 2.59 bits per heavy atom. The van der Waals surface area contributed by atoms with Crippen molar-refractivity contribution < 1.29 is 14.5 Å². The average molecular weight is 425 g/mol. The van der Waals surface area contributed by atoms with E-state index in [1.54, 1.807) is 0 Å². The molecule has 4 aromatic carbocycles. The Hall–Kier alpha value is -4.52. The number of amides is 1. The first kappa shape index (κ1) is 20.7. The zero-order chi connectivity index (χ0) is 22.3. The number of carbonyl (C=O) groups is 1. The van der Waals surface area contributed by atoms with E-state index in [4.69, 9.17) is 4.74 Å². The molecule has 0 spiro atoms. The standard InChI is InChI=1S/C25H19N3O4/c29-25(19-10-6-12-22(15-19)28(30)31)27-26-16-20-8-2-4-14-24(20)32-17-21-11-5-9-18-7-1-3-13-23(18)21/h1-16H,17H2,(H,27,29)/b26-16-. The van der Waals surface area contributed by atoms with E-state index in [9.17, 15) is 14.9 Å². The molecule has 0 unspecified atom stereocenters. The molecule has 0 aliphatic carbocycles. The second-order valence-electron chi connectivity index (χ2n) is 6.97. The molecule has 158 valence electrons. The molecule has 32 heavy (non-hydrogen) atoms. The fraction of sp³-hybridized carbons (Fsp3) is 0.0400. The molecule has 7 nitrogen and oxygen atoms in total. The molecule has 0 fully saturated rings. The van der Waals surface area contributed by atoms with Crippen LogP contribution in [0.1, 0.15) is 21.5 Å². The van der Waals surface area contributed by atoms with Gasteiger partial charge in [0, 0.05) is 23.3 Å². The third-order valence-corrected chi connectivity index (χ3v) is 4.87. The van der Waals surface area contributed by atoms with Crippen LogP contribution in [-0.4, -0.2) is 17.0 Å². The fourth-order valence-electron chi connectivity index (χ4n) is 3.28. The van der Waals surface area contributed by atoms with Gasteiger partial charge in [0.05, 0.1) is 11.1 Å². The molecule has 0 radical (unpaired) electrons. The number of nitrogens with one attached hydrogen (secondary N) is 1. The van der Waals surface area contributed by atoms with E-state index in [1.165, 1.54) is 30.5 Å². The highest BCUT2D eigenvalue weighted by Gasteiger charge is 2.11. The molecule has 1 N–H and O–H groups in total. The lowest BCUT2D eigenvalue weighted by Gasteiger charge is -2.11. The largest absolute Gasteiger partial charge is 0.488 e. The summed E-state index contributed by atoms with van der Waals surface area (Å²) in [7, 11) is 0. The first-order valence-electron chi connectivity index (χ1n) is 9.88. The number of nitro benzene ring substituents is 1. The number of rotatable bonds is 7. The van der Waals surface area contributed by atoms with Crippen LogP contribution < -0.4 is 10.2 Å². The second kappa shape index (κ2) is 9.53. The van der Waals surface area contributed by atoms with Gasteiger partial charge in [-0.1, -0.05) is 60.7 Å². The minimum absolute atomic E-state index is 0.150. The number of nitro groups is 1. The van der Waals surface area contributed by atoms with Gasteiger partial charge in [0.25, 0.3) is 11.6 Å². The quantitative estimate of drug-likeness (QED) is 0.253. The number of nitrogens with zero attached hydrogens (tertiary/aromatic N) is 2. The Bertz CT molecular complexity index is 1310. The van der Waals surface area contributed by atoms with Crippen LogP contribution in [0.5, 0.6) is 5.75 Å². The highest BCUT2D eigenvalue weighted by molar-refractivity contribution is 5.95. The average Bonchev–Trinajstić information content (AvgIpc) is 2.83. The van der Waals surface area contributed by atoms with Crippen molar-refractivity contribution in [2.24, 2.45) is 5.10 Å². The summed E-state index contributed by atoms with van der Waals surface area (Å²) in [5.41, 5.74) is 4.13. The maximum absolute atomic E-state index is 12.3. The molecule has 0 bridgehead atoms. The maximum Gasteiger partial charge on any atom is 0.271 e. The Kier molecular flexibility index (Phi) is 6.17. The third-order valence-electron chi connectivity index (χ3n) is 4.87. The van der Waals surface area contributed by atoms with Crippen molar-refractivity contribution >= 4 is 28.6 Å². The van der Waals surface area contributed by atoms with Gasteiger partial charge >= 0.3 is 0 Å². The minimum Gasteiger partial charge on any atom is -0.488 e. The van der Waals surface area contributed by atoms with Crippen LogP contribution in [0.25, 0.3) is 10.8 Å². The van der Waals surface area contributed by atoms with Crippen LogP contribution in [0.3, 0.4) is 0 Å². The number of benzene rings is 4. The molecule has 0 saturated carbocycles. The molecule has 4 rings (SSSR count). The van der Waals surface area contributed by atoms with Gasteiger partial charge in [-0.05, 0) is 34.5 Å². The number of para-hydroxylation sites is 1. The lowest BCUT2D eigenvalue weighted by atomic mass is 10.1. The van der Waals surface area contributed by atoms with Gasteiger partial charge in [0.2, 0.25) is 0 Å². The van der Waals surface area contributed by atoms with Crippen molar-refractivity contribution in [3.8, 4) is 5.75 Å². The SMILES string of the molecule is O=C(N/N=C\c1ccccc1OCc1cccc2ccccc12)c1cccc([N+](=O)[O-])c1. The number of fused-ring (bicyclic) bond motifs is 1. The molecule has 0 heterocycles. The summed E-state index contributed by atoms with van der Waals surface area (Å²) in [5.74, 6) is 0.0767. The van der Waals surface area contributed by atoms with E-state index >= 15 is 0 Å². The number of hydrogen-bond acceptors (Lipinski definition) is 5. The second-order valence-corrected chi connectivity index (χ2v) is 6.97. The first-order valence-corrected chi connectivity index (χ1v) is 9.88. The molecule has 4 aromatic rings. The van der Waals surface area contributed by atoms with Gasteiger partial charge in [-0.2, -0.15) is 5.10 Å². The molecular weight excluding hydrogens is 406 g/mol. The number of hydrogen-bond donors (Lipinski definition) is 1. The third kappa shape index (κ3) is 4.79. The van der Waals surface area contributed by atoms with E-state index in [1.807, 2.05) is 48.5 Å². The van der Waals surface area contributed by atoms with Crippen LogP contribution in [0.15, 0.2) is 96.1 Å². The molecule has 0 atom stereocenters. The lowest BCUT2D eigenvalue weighted by molar-refractivity contribution is -0.384. The fourth-order valence-corrected chi connectivity index (χ4v) is 3.28. The first-order chi connectivity index (χ1) is 15.6. The number of carbonyl (C=O) groups excluding carboxylic acids is 1. The van der Waals surface area contributed by atoms with Crippen molar-refractivity contribution in [3.05, 3.63) is 118 Å². The van der Waals surface area contributed by atoms with Crippen molar-refractivity contribution in [2.45, 2.75) is 6.61 Å². The smallest absolute Gasteiger partial charge is 0.271 e. The van der Waals surface area contributed by atoms with E-state index < -0.39 is 10.8 Å². The zero-order valence-electron chi connectivity index (χ0n) is 17.0. The summed E-state index contributed by atoms with van der Waals surface area (Å²) in [4.78, 5) is 22.6. The van der Waals surface area contributed by atoms with E-state index in [0.29, 0.717) is 17.9 Å². The molecule has 0 aromatic heterocycles. The van der Waals surface area contributed by atoms with Gasteiger partial charge in [-0.15, -0.1) is 0 Å². The van der Waals surface area contributed by atoms with E-state index in [0.717, 1.165) is 16.3 Å². The van der Waals surface area contributed by atoms with Crippen molar-refractivity contribution in [1.29, 1.82) is 0 Å². The molecule has 0 aliphatic heterocycles. The number of non-ortho nitro benzene ring substituents is 1. The Balaban J connectivity index is 1.45. The summed E-state index contributed by atoms with van der Waals surface area (Å²) in [6, 6.07) is 27.0. The predicted octanol–water partition coefficient (Wildman–Crippen LogP) is 5.09. The minimum atomic E-state index is -0.552. The Morgan fingerprint density at radius 1 is 0.969 bits per heavy atom. The topological polar surface area (TPSA) is 93.8 Å². The molecule has 0 saturated heterocycles. The summed E-state index contributed by atoms with van der Waals surface area (Å²) < 4.78 is 6.04. The predicted molar refractivity (Wildman–Crippen MR) is 123 cm³/mol. The van der Waals surface area contributed by atoms with Crippen LogP contribution in [0, 0.1) is 10.1 Å². The molecule has 1 amide bonds. The van der Waals surface area contributed by atoms with Crippen LogP contribution in [-0.2, 0) is 6.61 Å². The summed E-state index contributed by atoms with van der Waals surface area (Å²) >= 11 is 0. The van der Waals surface area contributed by atoms with E-state index in [2.05, 4.69) is 28.7 Å². The number of ether oxygens (including phenoxy) is 1. The summed E-state index contributed by atoms with van der Waals surface area (Å²) in [6.07, 6.45) is 1.48. The lowest BCUT2D eigenvalue weighted by Crippen LogP contribution is -2.17. The van der Waals surface area contributed by atoms with Gasteiger partial charge in [0.1, 0.15) is 12.4 Å². The zero-order valence-corrected chi connectivity index (χ0v) is 17.0. The summed E-state index contributed by atoms with van der Waals surface area (Å²) in [6.45, 7) is 0.381. The van der Waals surface area contributed by atoms with Gasteiger partial charge in [0.15, 0.2) is 0 Å². The Labute approximate surface area is 184 Å². The Morgan fingerprint density at radius 2 is 1.72 bits per heavy atom. The van der Waals surface area contributed by atoms with Gasteiger partial charge in [-0.3, -0.25) is 14.9 Å². The normalized spacial score (nSPS) is 10.9. The van der Waals surface area contributed by atoms with Gasteiger partial charge < -0.3 is 4.74 Å². The summed E-state index contributed by atoms with van der Waals surface area (Å²) in [5, 5.41) is 17.1. The van der Waals surface area contributed by atoms with E-state index in [-0.39, 0.29) is 11.3 Å². The monoisotopic (exact) mass is 425 g/mol. The van der Waals surface area contributed by atoms with Crippen molar-refractivity contribution in [2.75, 3.05) is 0 Å². The maximum atomic E-state index is 12.3. The highest BCUT2D eigenvalue weighted by atomic mass is 16.6. The number of hydrazone groups is 1. The van der Waals surface area contributed by atoms with Crippen molar-refractivity contribution in [1.82, 2.24) is 5.43 Å². The van der Waals surface area contributed by atoms with Crippen LogP contribution in [0.2, 0.25) is 0 Å². The van der Waals surface area contributed by atoms with Crippen LogP contribution >= 0.6 is 0 Å². The molecule has 7 heteroatoms. The van der Waals surface area contributed by atoms with Crippen molar-refractivity contribution in [3.63, 3.8) is 0 Å². The van der Waals surface area contributed by atoms with Crippen LogP contribution in [0.4, 0.5) is 5.69 Å². The molecular formula is C25H19N3O4. The molecule has 0 aliphatic rings. The van der Waals surface area contributed by atoms with Gasteiger partial charge in [-0.25, -0.2) is 5.43 Å². The highest BCUT2D eigenvalue weighted by Crippen LogP contribution is 2.22.